The molecule has 3 heteroatoms. The summed E-state index contributed by atoms with van der Waals surface area (Å²) in [5, 5.41) is 3.33. The maximum Gasteiger partial charge on any atom is 0.226 e. The number of rotatable bonds is 1. The molecule has 3 rings (SSSR count). The second-order valence-corrected chi connectivity index (χ2v) is 5.46. The third kappa shape index (κ3) is 2.03. The van der Waals surface area contributed by atoms with Crippen molar-refractivity contribution in [2.24, 2.45) is 5.92 Å². The van der Waals surface area contributed by atoms with Gasteiger partial charge in [-0.3, -0.25) is 4.79 Å². The summed E-state index contributed by atoms with van der Waals surface area (Å²) in [5.74, 6) is 0.517. The second-order valence-electron chi connectivity index (χ2n) is 5.46. The van der Waals surface area contributed by atoms with Crippen LogP contribution in [0.2, 0.25) is 0 Å². The normalized spacial score (nSPS) is 24.1. The van der Waals surface area contributed by atoms with E-state index in [0.717, 1.165) is 32.5 Å². The second kappa shape index (κ2) is 4.73. The molecule has 1 heterocycles. The van der Waals surface area contributed by atoms with Crippen molar-refractivity contribution in [2.75, 3.05) is 19.6 Å². The average Bonchev–Trinajstić information content (AvgIpc) is 2.82. The highest BCUT2D eigenvalue weighted by molar-refractivity contribution is 5.81. The maximum absolute atomic E-state index is 12.6. The molecular formula is C15H20N2O. The summed E-state index contributed by atoms with van der Waals surface area (Å²) >= 11 is 0. The fourth-order valence-electron chi connectivity index (χ4n) is 3.14. The number of carbonyl (C=O) groups is 1. The van der Waals surface area contributed by atoms with Crippen LogP contribution in [0.1, 0.15) is 18.1 Å². The van der Waals surface area contributed by atoms with Gasteiger partial charge >= 0.3 is 0 Å². The number of fused-ring (bicyclic) bond motifs is 1. The molecule has 3 nitrogen and oxygen atoms in total. The molecule has 0 bridgehead atoms. The Labute approximate surface area is 108 Å². The summed E-state index contributed by atoms with van der Waals surface area (Å²) < 4.78 is 0. The largest absolute Gasteiger partial charge is 0.337 e. The molecule has 1 aliphatic carbocycles. The first kappa shape index (κ1) is 11.7. The van der Waals surface area contributed by atoms with E-state index >= 15 is 0 Å². The minimum atomic E-state index is 0.169. The molecule has 0 saturated carbocycles. The van der Waals surface area contributed by atoms with Gasteiger partial charge in [0.15, 0.2) is 0 Å². The Morgan fingerprint density at radius 3 is 2.56 bits per heavy atom. The Balaban J connectivity index is 1.72. The van der Waals surface area contributed by atoms with E-state index in [-0.39, 0.29) is 5.92 Å². The first-order chi connectivity index (χ1) is 8.75. The van der Waals surface area contributed by atoms with Gasteiger partial charge in [-0.25, -0.2) is 0 Å². The van der Waals surface area contributed by atoms with Crippen molar-refractivity contribution in [2.45, 2.75) is 25.8 Å². The molecule has 0 spiro atoms. The van der Waals surface area contributed by atoms with E-state index in [1.165, 1.54) is 11.1 Å². The Morgan fingerprint density at radius 2 is 1.94 bits per heavy atom. The van der Waals surface area contributed by atoms with Gasteiger partial charge < -0.3 is 10.2 Å². The van der Waals surface area contributed by atoms with E-state index in [1.54, 1.807) is 0 Å². The van der Waals surface area contributed by atoms with Crippen LogP contribution in [-0.4, -0.2) is 36.5 Å². The summed E-state index contributed by atoms with van der Waals surface area (Å²) in [4.78, 5) is 14.6. The summed E-state index contributed by atoms with van der Waals surface area (Å²) in [7, 11) is 0. The van der Waals surface area contributed by atoms with Gasteiger partial charge in [0, 0.05) is 31.6 Å². The first-order valence-corrected chi connectivity index (χ1v) is 6.83. The highest BCUT2D eigenvalue weighted by Gasteiger charge is 2.33. The molecule has 18 heavy (non-hydrogen) atoms. The van der Waals surface area contributed by atoms with Gasteiger partial charge in [-0.15, -0.1) is 0 Å². The zero-order chi connectivity index (χ0) is 12.5. The van der Waals surface area contributed by atoms with Crippen molar-refractivity contribution in [3.8, 4) is 0 Å². The van der Waals surface area contributed by atoms with Crippen LogP contribution in [0.5, 0.6) is 0 Å². The van der Waals surface area contributed by atoms with E-state index in [4.69, 9.17) is 0 Å². The molecule has 1 aromatic carbocycles. The first-order valence-electron chi connectivity index (χ1n) is 6.83. The van der Waals surface area contributed by atoms with E-state index in [2.05, 4.69) is 41.4 Å². The van der Waals surface area contributed by atoms with Gasteiger partial charge in [-0.05, 0) is 30.9 Å². The minimum Gasteiger partial charge on any atom is -0.337 e. The van der Waals surface area contributed by atoms with E-state index in [1.807, 2.05) is 0 Å². The number of amides is 1. The molecule has 0 aromatic heterocycles. The zero-order valence-corrected chi connectivity index (χ0v) is 10.9. The number of piperazine rings is 1. The van der Waals surface area contributed by atoms with Crippen LogP contribution >= 0.6 is 0 Å². The van der Waals surface area contributed by atoms with Crippen molar-refractivity contribution < 1.29 is 4.79 Å². The molecule has 1 N–H and O–H groups in total. The number of hydrogen-bond acceptors (Lipinski definition) is 2. The van der Waals surface area contributed by atoms with Gasteiger partial charge in [0.25, 0.3) is 0 Å². The molecular weight excluding hydrogens is 224 g/mol. The predicted molar refractivity (Wildman–Crippen MR) is 71.4 cm³/mol. The summed E-state index contributed by atoms with van der Waals surface area (Å²) in [6.07, 6.45) is 1.84. The van der Waals surface area contributed by atoms with E-state index in [9.17, 15) is 4.79 Å². The van der Waals surface area contributed by atoms with Crippen LogP contribution in [0.15, 0.2) is 24.3 Å². The molecule has 1 saturated heterocycles. The lowest BCUT2D eigenvalue weighted by Gasteiger charge is -2.35. The molecule has 1 fully saturated rings. The molecule has 1 atom stereocenters. The highest BCUT2D eigenvalue weighted by Crippen LogP contribution is 2.28. The van der Waals surface area contributed by atoms with Gasteiger partial charge in [0.2, 0.25) is 5.91 Å². The molecule has 1 aliphatic heterocycles. The fourth-order valence-corrected chi connectivity index (χ4v) is 3.14. The number of benzene rings is 1. The third-order valence-electron chi connectivity index (χ3n) is 4.18. The predicted octanol–water partition coefficient (Wildman–Crippen LogP) is 1.22. The van der Waals surface area contributed by atoms with Crippen molar-refractivity contribution in [3.63, 3.8) is 0 Å². The van der Waals surface area contributed by atoms with Crippen LogP contribution in [0.4, 0.5) is 0 Å². The highest BCUT2D eigenvalue weighted by atomic mass is 16.2. The lowest BCUT2D eigenvalue weighted by molar-refractivity contribution is -0.138. The van der Waals surface area contributed by atoms with Crippen LogP contribution < -0.4 is 5.32 Å². The standard InChI is InChI=1S/C15H20N2O/c1-11-10-16-6-7-17(11)15(18)14-8-12-4-2-3-5-13(12)9-14/h2-5,11,14,16H,6-10H2,1H3/t11-/m0/s1. The van der Waals surface area contributed by atoms with Crippen LogP contribution in [0.25, 0.3) is 0 Å². The van der Waals surface area contributed by atoms with Crippen molar-refractivity contribution >= 4 is 5.91 Å². The van der Waals surface area contributed by atoms with E-state index in [0.29, 0.717) is 11.9 Å². The zero-order valence-electron chi connectivity index (χ0n) is 10.9. The van der Waals surface area contributed by atoms with E-state index < -0.39 is 0 Å². The topological polar surface area (TPSA) is 32.3 Å². The molecule has 2 aliphatic rings. The van der Waals surface area contributed by atoms with Crippen LogP contribution in [-0.2, 0) is 17.6 Å². The number of hydrogen-bond donors (Lipinski definition) is 1. The fraction of sp³-hybridized carbons (Fsp3) is 0.533. The SMILES string of the molecule is C[C@H]1CNCCN1C(=O)C1Cc2ccccc2C1. The number of nitrogens with one attached hydrogen (secondary N) is 1. The summed E-state index contributed by atoms with van der Waals surface area (Å²) in [6.45, 7) is 4.83. The average molecular weight is 244 g/mol. The van der Waals surface area contributed by atoms with Crippen LogP contribution in [0, 0.1) is 5.92 Å². The van der Waals surface area contributed by atoms with Gasteiger partial charge in [-0.2, -0.15) is 0 Å². The van der Waals surface area contributed by atoms with Crippen molar-refractivity contribution in [3.05, 3.63) is 35.4 Å². The minimum absolute atomic E-state index is 0.169. The monoisotopic (exact) mass is 244 g/mol. The molecule has 0 radical (unpaired) electrons. The third-order valence-corrected chi connectivity index (χ3v) is 4.18. The molecule has 96 valence electrons. The Morgan fingerprint density at radius 1 is 1.28 bits per heavy atom. The maximum atomic E-state index is 12.6. The van der Waals surface area contributed by atoms with Crippen LogP contribution in [0.3, 0.4) is 0 Å². The Kier molecular flexibility index (Phi) is 3.08. The molecule has 1 amide bonds. The smallest absolute Gasteiger partial charge is 0.226 e. The Bertz CT molecular complexity index is 433. The van der Waals surface area contributed by atoms with Gasteiger partial charge in [-0.1, -0.05) is 24.3 Å². The number of carbonyl (C=O) groups excluding carboxylic acids is 1. The van der Waals surface area contributed by atoms with Crippen molar-refractivity contribution in [1.82, 2.24) is 10.2 Å². The summed E-state index contributed by atoms with van der Waals surface area (Å²) in [5.41, 5.74) is 2.72. The number of nitrogens with zero attached hydrogens (tertiary/aromatic N) is 1. The van der Waals surface area contributed by atoms with Crippen molar-refractivity contribution in [1.29, 1.82) is 0 Å². The Hall–Kier alpha value is -1.35. The van der Waals surface area contributed by atoms with Gasteiger partial charge in [0.1, 0.15) is 0 Å². The van der Waals surface area contributed by atoms with Gasteiger partial charge in [0.05, 0.1) is 0 Å². The lowest BCUT2D eigenvalue weighted by atomic mass is 10.0. The lowest BCUT2D eigenvalue weighted by Crippen LogP contribution is -2.54. The molecule has 1 aromatic rings. The molecule has 0 unspecified atom stereocenters. The quantitative estimate of drug-likeness (QED) is 0.805. The summed E-state index contributed by atoms with van der Waals surface area (Å²) in [6, 6.07) is 8.78.